The molecule has 0 saturated carbocycles. The molecule has 1 saturated heterocycles. The van der Waals surface area contributed by atoms with Gasteiger partial charge in [-0.2, -0.15) is 0 Å². The number of nitro benzene ring substituents is 1. The summed E-state index contributed by atoms with van der Waals surface area (Å²) in [6.07, 6.45) is 6.31. The Balaban J connectivity index is 1.79. The maximum atomic E-state index is 12.3. The Kier molecular flexibility index (Phi) is 5.86. The highest BCUT2D eigenvalue weighted by atomic mass is 16.6. The van der Waals surface area contributed by atoms with Crippen LogP contribution < -0.4 is 9.64 Å². The predicted molar refractivity (Wildman–Crippen MR) is 106 cm³/mol. The smallest absolute Gasteiger partial charge is 0.293 e. The third kappa shape index (κ3) is 4.53. The molecule has 6 nitrogen and oxygen atoms in total. The van der Waals surface area contributed by atoms with Crippen molar-refractivity contribution in [1.82, 2.24) is 0 Å². The average Bonchev–Trinajstić information content (AvgIpc) is 2.72. The Morgan fingerprint density at radius 2 is 1.81 bits per heavy atom. The molecule has 140 valence electrons. The van der Waals surface area contributed by atoms with E-state index in [9.17, 15) is 14.9 Å². The number of carbonyl (C=O) groups excluding carboxylic acids is 1. The van der Waals surface area contributed by atoms with Crippen LogP contribution >= 0.6 is 0 Å². The van der Waals surface area contributed by atoms with E-state index in [0.29, 0.717) is 22.6 Å². The standard InChI is InChI=1S/C21H22N2O4/c1-27-18-9-7-17(8-10-18)21(24)12-6-16-5-11-19(20(15-16)23(25)26)22-13-3-2-4-14-22/h5-12,15H,2-4,13-14H2,1H3/b12-6+. The molecule has 1 heterocycles. The van der Waals surface area contributed by atoms with Crippen molar-refractivity contribution in [2.45, 2.75) is 19.3 Å². The number of piperidine rings is 1. The molecule has 0 unspecified atom stereocenters. The van der Waals surface area contributed by atoms with Crippen LogP contribution in [0.2, 0.25) is 0 Å². The number of hydrogen-bond acceptors (Lipinski definition) is 5. The zero-order valence-corrected chi connectivity index (χ0v) is 15.3. The fourth-order valence-electron chi connectivity index (χ4n) is 3.22. The molecule has 27 heavy (non-hydrogen) atoms. The maximum absolute atomic E-state index is 12.3. The first-order valence-electron chi connectivity index (χ1n) is 8.98. The van der Waals surface area contributed by atoms with Crippen LogP contribution in [-0.4, -0.2) is 30.9 Å². The Labute approximate surface area is 158 Å². The molecule has 0 radical (unpaired) electrons. The number of hydrogen-bond donors (Lipinski definition) is 0. The van der Waals surface area contributed by atoms with Gasteiger partial charge in [0, 0.05) is 24.7 Å². The lowest BCUT2D eigenvalue weighted by atomic mass is 10.1. The first-order chi connectivity index (χ1) is 13.1. The second-order valence-electron chi connectivity index (χ2n) is 6.48. The van der Waals surface area contributed by atoms with Gasteiger partial charge in [0.1, 0.15) is 11.4 Å². The number of nitro groups is 1. The van der Waals surface area contributed by atoms with Gasteiger partial charge in [-0.05, 0) is 61.2 Å². The number of benzene rings is 2. The highest BCUT2D eigenvalue weighted by Gasteiger charge is 2.21. The highest BCUT2D eigenvalue weighted by Crippen LogP contribution is 2.31. The number of ether oxygens (including phenoxy) is 1. The monoisotopic (exact) mass is 366 g/mol. The maximum Gasteiger partial charge on any atom is 0.293 e. The zero-order chi connectivity index (χ0) is 19.2. The molecule has 2 aromatic carbocycles. The van der Waals surface area contributed by atoms with Crippen LogP contribution in [0.3, 0.4) is 0 Å². The molecule has 0 aromatic heterocycles. The lowest BCUT2D eigenvalue weighted by molar-refractivity contribution is -0.384. The molecule has 1 aliphatic heterocycles. The minimum absolute atomic E-state index is 0.0796. The van der Waals surface area contributed by atoms with E-state index >= 15 is 0 Å². The first-order valence-corrected chi connectivity index (χ1v) is 8.98. The predicted octanol–water partition coefficient (Wildman–Crippen LogP) is 4.49. The van der Waals surface area contributed by atoms with Crippen molar-refractivity contribution in [3.63, 3.8) is 0 Å². The van der Waals surface area contributed by atoms with Crippen molar-refractivity contribution >= 4 is 23.2 Å². The summed E-state index contributed by atoms with van der Waals surface area (Å²) in [6.45, 7) is 1.68. The third-order valence-corrected chi connectivity index (χ3v) is 4.69. The van der Waals surface area contributed by atoms with E-state index in [4.69, 9.17) is 4.74 Å². The topological polar surface area (TPSA) is 72.7 Å². The van der Waals surface area contributed by atoms with E-state index in [0.717, 1.165) is 25.9 Å². The number of methoxy groups -OCH3 is 1. The van der Waals surface area contributed by atoms with E-state index in [2.05, 4.69) is 4.90 Å². The summed E-state index contributed by atoms with van der Waals surface area (Å²) in [6, 6.07) is 11.9. The van der Waals surface area contributed by atoms with Gasteiger partial charge in [0.05, 0.1) is 12.0 Å². The fourth-order valence-corrected chi connectivity index (χ4v) is 3.22. The summed E-state index contributed by atoms with van der Waals surface area (Å²) in [5.41, 5.74) is 1.89. The van der Waals surface area contributed by atoms with Gasteiger partial charge in [0.15, 0.2) is 5.78 Å². The van der Waals surface area contributed by atoms with Crippen molar-refractivity contribution in [3.05, 3.63) is 69.8 Å². The van der Waals surface area contributed by atoms with Crippen LogP contribution in [0.5, 0.6) is 5.75 Å². The van der Waals surface area contributed by atoms with E-state index < -0.39 is 0 Å². The van der Waals surface area contributed by atoms with Crippen LogP contribution in [0.4, 0.5) is 11.4 Å². The second-order valence-corrected chi connectivity index (χ2v) is 6.48. The molecule has 0 spiro atoms. The van der Waals surface area contributed by atoms with Gasteiger partial charge in [0.25, 0.3) is 5.69 Å². The minimum atomic E-state index is -0.355. The number of carbonyl (C=O) groups is 1. The van der Waals surface area contributed by atoms with Crippen molar-refractivity contribution in [2.75, 3.05) is 25.1 Å². The average molecular weight is 366 g/mol. The summed E-state index contributed by atoms with van der Waals surface area (Å²) < 4.78 is 5.08. The summed E-state index contributed by atoms with van der Waals surface area (Å²) >= 11 is 0. The Morgan fingerprint density at radius 3 is 2.44 bits per heavy atom. The highest BCUT2D eigenvalue weighted by molar-refractivity contribution is 6.06. The van der Waals surface area contributed by atoms with E-state index in [1.807, 2.05) is 6.07 Å². The molecule has 0 aliphatic carbocycles. The van der Waals surface area contributed by atoms with Gasteiger partial charge < -0.3 is 9.64 Å². The van der Waals surface area contributed by atoms with Crippen LogP contribution in [0.15, 0.2) is 48.5 Å². The molecule has 2 aromatic rings. The van der Waals surface area contributed by atoms with Crippen LogP contribution in [-0.2, 0) is 0 Å². The van der Waals surface area contributed by atoms with Crippen LogP contribution in [0.1, 0.15) is 35.2 Å². The SMILES string of the molecule is COc1ccc(C(=O)/C=C/c2ccc(N3CCCCC3)c([N+](=O)[O-])c2)cc1. The van der Waals surface area contributed by atoms with E-state index in [-0.39, 0.29) is 16.4 Å². The lowest BCUT2D eigenvalue weighted by Crippen LogP contribution is -2.29. The van der Waals surface area contributed by atoms with Gasteiger partial charge in [-0.1, -0.05) is 12.1 Å². The molecule has 1 aliphatic rings. The molecular formula is C21H22N2O4. The van der Waals surface area contributed by atoms with Crippen LogP contribution in [0, 0.1) is 10.1 Å². The fraction of sp³-hybridized carbons (Fsp3) is 0.286. The Morgan fingerprint density at radius 1 is 1.11 bits per heavy atom. The molecule has 0 amide bonds. The second kappa shape index (κ2) is 8.49. The molecule has 3 rings (SSSR count). The molecular weight excluding hydrogens is 344 g/mol. The molecule has 0 atom stereocenters. The molecule has 0 N–H and O–H groups in total. The van der Waals surface area contributed by atoms with Crippen molar-refractivity contribution in [1.29, 1.82) is 0 Å². The molecule has 0 bridgehead atoms. The Bertz CT molecular complexity index is 853. The number of ketones is 1. The first kappa shape index (κ1) is 18.6. The van der Waals surface area contributed by atoms with Crippen molar-refractivity contribution in [2.24, 2.45) is 0 Å². The van der Waals surface area contributed by atoms with Gasteiger partial charge in [-0.3, -0.25) is 14.9 Å². The van der Waals surface area contributed by atoms with E-state index in [1.165, 1.54) is 18.6 Å². The number of rotatable bonds is 6. The summed E-state index contributed by atoms with van der Waals surface area (Å²) in [5, 5.41) is 11.5. The lowest BCUT2D eigenvalue weighted by Gasteiger charge is -2.28. The summed E-state index contributed by atoms with van der Waals surface area (Å²) in [4.78, 5) is 25.5. The van der Waals surface area contributed by atoms with Gasteiger partial charge >= 0.3 is 0 Å². The zero-order valence-electron chi connectivity index (χ0n) is 15.3. The number of allylic oxidation sites excluding steroid dienone is 1. The summed E-state index contributed by atoms with van der Waals surface area (Å²) in [5.74, 6) is 0.514. The number of anilines is 1. The van der Waals surface area contributed by atoms with Gasteiger partial charge in [-0.15, -0.1) is 0 Å². The van der Waals surface area contributed by atoms with Crippen molar-refractivity contribution in [3.8, 4) is 5.75 Å². The van der Waals surface area contributed by atoms with Gasteiger partial charge in [-0.25, -0.2) is 0 Å². The minimum Gasteiger partial charge on any atom is -0.497 e. The van der Waals surface area contributed by atoms with Gasteiger partial charge in [0.2, 0.25) is 0 Å². The summed E-state index contributed by atoms with van der Waals surface area (Å²) in [7, 11) is 1.57. The number of nitrogens with zero attached hydrogens (tertiary/aromatic N) is 2. The van der Waals surface area contributed by atoms with E-state index in [1.54, 1.807) is 43.5 Å². The van der Waals surface area contributed by atoms with Crippen molar-refractivity contribution < 1.29 is 14.5 Å². The largest absolute Gasteiger partial charge is 0.497 e. The van der Waals surface area contributed by atoms with Crippen LogP contribution in [0.25, 0.3) is 6.08 Å². The normalized spacial score (nSPS) is 14.3. The third-order valence-electron chi connectivity index (χ3n) is 4.69. The molecule has 6 heteroatoms. The quantitative estimate of drug-likeness (QED) is 0.326. The Hall–Kier alpha value is -3.15. The molecule has 1 fully saturated rings.